The number of rotatable bonds is 8. The summed E-state index contributed by atoms with van der Waals surface area (Å²) in [6.45, 7) is 16.9. The third kappa shape index (κ3) is 7.00. The molecule has 0 spiro atoms. The molecule has 2 aliphatic heterocycles. The van der Waals surface area contributed by atoms with Gasteiger partial charge in [-0.3, -0.25) is 0 Å². The smallest absolute Gasteiger partial charge is 0.126 e. The van der Waals surface area contributed by atoms with Crippen molar-refractivity contribution in [2.45, 2.75) is 63.5 Å². The first kappa shape index (κ1) is 25.1. The summed E-state index contributed by atoms with van der Waals surface area (Å²) in [6.07, 6.45) is 8.36. The number of nitrogens with zero attached hydrogens (tertiary/aromatic N) is 2. The maximum Gasteiger partial charge on any atom is 0.126 e. The van der Waals surface area contributed by atoms with Gasteiger partial charge in [-0.15, -0.1) is 0 Å². The van der Waals surface area contributed by atoms with Gasteiger partial charge in [0.05, 0.1) is 12.6 Å². The highest BCUT2D eigenvalue weighted by Gasteiger charge is 2.29. The summed E-state index contributed by atoms with van der Waals surface area (Å²) in [5, 5.41) is 3.53. The Morgan fingerprint density at radius 2 is 1.66 bits per heavy atom. The second-order valence-corrected chi connectivity index (χ2v) is 10.0. The van der Waals surface area contributed by atoms with Gasteiger partial charge in [0, 0.05) is 36.7 Å². The van der Waals surface area contributed by atoms with Crippen LogP contribution in [0.3, 0.4) is 0 Å². The van der Waals surface area contributed by atoms with E-state index in [1.807, 2.05) is 12.1 Å². The van der Waals surface area contributed by atoms with Crippen LogP contribution in [0, 0.1) is 5.82 Å². The first-order valence-corrected chi connectivity index (χ1v) is 13.1. The molecule has 186 valence electrons. The molecule has 2 aromatic rings. The van der Waals surface area contributed by atoms with E-state index in [2.05, 4.69) is 65.2 Å². The highest BCUT2D eigenvalue weighted by atomic mass is 19.1. The van der Waals surface area contributed by atoms with Gasteiger partial charge in [0.2, 0.25) is 0 Å². The Morgan fingerprint density at radius 1 is 0.914 bits per heavy atom. The molecule has 1 aliphatic carbocycles. The fourth-order valence-electron chi connectivity index (χ4n) is 5.09. The average Bonchev–Trinajstić information content (AvgIpc) is 3.60. The van der Waals surface area contributed by atoms with Crippen LogP contribution in [0.15, 0.2) is 91.4 Å². The molecule has 2 aromatic carbocycles. The zero-order valence-corrected chi connectivity index (χ0v) is 21.0. The van der Waals surface area contributed by atoms with E-state index in [0.717, 1.165) is 50.3 Å². The van der Waals surface area contributed by atoms with Crippen LogP contribution in [0.4, 0.5) is 4.39 Å². The van der Waals surface area contributed by atoms with Crippen LogP contribution in [-0.2, 0) is 6.54 Å². The van der Waals surface area contributed by atoms with E-state index in [1.165, 1.54) is 55.1 Å². The minimum absolute atomic E-state index is 0.0370. The second kappa shape index (κ2) is 12.1. The molecule has 0 aromatic heterocycles. The molecule has 1 saturated carbocycles. The number of hydrogen-bond donors (Lipinski definition) is 1. The molecule has 5 rings (SSSR count). The van der Waals surface area contributed by atoms with E-state index in [1.54, 1.807) is 6.07 Å². The lowest BCUT2D eigenvalue weighted by Crippen LogP contribution is -2.39. The average molecular weight is 474 g/mol. The predicted molar refractivity (Wildman–Crippen MR) is 144 cm³/mol. The number of hydrogen-bond acceptors (Lipinski definition) is 3. The van der Waals surface area contributed by atoms with Gasteiger partial charge in [0.1, 0.15) is 5.82 Å². The molecule has 3 fully saturated rings. The monoisotopic (exact) mass is 473 g/mol. The van der Waals surface area contributed by atoms with Crippen LogP contribution in [-0.4, -0.2) is 35.5 Å². The van der Waals surface area contributed by atoms with Crippen LogP contribution in [0.1, 0.15) is 62.0 Å². The zero-order chi connectivity index (χ0) is 24.6. The molecule has 0 radical (unpaired) electrons. The van der Waals surface area contributed by atoms with Crippen molar-refractivity contribution in [3.05, 3.63) is 108 Å². The fourth-order valence-corrected chi connectivity index (χ4v) is 5.09. The van der Waals surface area contributed by atoms with Crippen LogP contribution >= 0.6 is 0 Å². The van der Waals surface area contributed by atoms with Crippen LogP contribution in [0.2, 0.25) is 0 Å². The van der Waals surface area contributed by atoms with Gasteiger partial charge >= 0.3 is 0 Å². The summed E-state index contributed by atoms with van der Waals surface area (Å²) in [4.78, 5) is 4.85. The molecule has 4 heteroatoms. The standard InChI is InChI=1S/C22H31N3.C9H9F/c1-18-10-7-8-14-24(18)17-19(2)25-15-9-13-22(25)20(3)23-16-21-11-5-4-6-12-21;10-9-4-2-1-3-8(9)7-5-6-7/h4-6,11-12,22-23H,1-3,7-10,13-17H2;1-4,7H,5-6H2. The van der Waals surface area contributed by atoms with Crippen LogP contribution in [0.25, 0.3) is 0 Å². The minimum Gasteiger partial charge on any atom is -0.383 e. The molecular weight excluding hydrogens is 433 g/mol. The summed E-state index contributed by atoms with van der Waals surface area (Å²) in [5.41, 5.74) is 5.77. The Hall–Kier alpha value is -3.01. The van der Waals surface area contributed by atoms with Gasteiger partial charge in [0.15, 0.2) is 0 Å². The van der Waals surface area contributed by atoms with E-state index < -0.39 is 0 Å². The van der Waals surface area contributed by atoms with Crippen molar-refractivity contribution in [1.29, 1.82) is 0 Å². The summed E-state index contributed by atoms with van der Waals surface area (Å²) in [6, 6.07) is 17.9. The molecule has 0 amide bonds. The molecule has 1 unspecified atom stereocenters. The quantitative estimate of drug-likeness (QED) is 0.447. The van der Waals surface area contributed by atoms with Crippen LogP contribution < -0.4 is 5.32 Å². The molecule has 3 nitrogen and oxygen atoms in total. The maximum absolute atomic E-state index is 12.9. The van der Waals surface area contributed by atoms with Crippen molar-refractivity contribution >= 4 is 0 Å². The van der Waals surface area contributed by atoms with Crippen molar-refractivity contribution in [3.63, 3.8) is 0 Å². The third-order valence-electron chi connectivity index (χ3n) is 7.31. The summed E-state index contributed by atoms with van der Waals surface area (Å²) in [7, 11) is 0. The van der Waals surface area contributed by atoms with Crippen molar-refractivity contribution < 1.29 is 4.39 Å². The molecular formula is C31H40FN3. The van der Waals surface area contributed by atoms with Crippen molar-refractivity contribution in [2.75, 3.05) is 19.6 Å². The summed E-state index contributed by atoms with van der Waals surface area (Å²) in [5.74, 6) is 0.492. The number of benzene rings is 2. The van der Waals surface area contributed by atoms with E-state index >= 15 is 0 Å². The number of piperidine rings is 1. The largest absolute Gasteiger partial charge is 0.383 e. The summed E-state index contributed by atoms with van der Waals surface area (Å²) < 4.78 is 12.9. The van der Waals surface area contributed by atoms with Gasteiger partial charge in [0.25, 0.3) is 0 Å². The van der Waals surface area contributed by atoms with Crippen molar-refractivity contribution in [1.82, 2.24) is 15.1 Å². The lowest BCUT2D eigenvalue weighted by molar-refractivity contribution is 0.261. The normalized spacial score (nSPS) is 19.7. The second-order valence-electron chi connectivity index (χ2n) is 10.0. The summed E-state index contributed by atoms with van der Waals surface area (Å²) >= 11 is 0. The minimum atomic E-state index is -0.0370. The molecule has 0 bridgehead atoms. The Kier molecular flexibility index (Phi) is 8.68. The fraction of sp³-hybridized carbons (Fsp3) is 0.419. The number of nitrogens with one attached hydrogen (secondary N) is 1. The van der Waals surface area contributed by atoms with Gasteiger partial charge in [-0.2, -0.15) is 0 Å². The Morgan fingerprint density at radius 3 is 2.37 bits per heavy atom. The number of halogens is 1. The lowest BCUT2D eigenvalue weighted by Gasteiger charge is -2.36. The highest BCUT2D eigenvalue weighted by Crippen LogP contribution is 2.40. The third-order valence-corrected chi connectivity index (χ3v) is 7.31. The van der Waals surface area contributed by atoms with Gasteiger partial charge in [-0.05, 0) is 68.1 Å². The lowest BCUT2D eigenvalue weighted by atomic mass is 10.1. The van der Waals surface area contributed by atoms with E-state index in [0.29, 0.717) is 12.0 Å². The first-order chi connectivity index (χ1) is 17.0. The van der Waals surface area contributed by atoms with E-state index in [4.69, 9.17) is 0 Å². The zero-order valence-electron chi connectivity index (χ0n) is 21.0. The molecule has 1 N–H and O–H groups in total. The predicted octanol–water partition coefficient (Wildman–Crippen LogP) is 6.97. The van der Waals surface area contributed by atoms with Crippen molar-refractivity contribution in [2.24, 2.45) is 0 Å². The molecule has 2 saturated heterocycles. The molecule has 35 heavy (non-hydrogen) atoms. The van der Waals surface area contributed by atoms with E-state index in [9.17, 15) is 4.39 Å². The van der Waals surface area contributed by atoms with Gasteiger partial charge in [-0.1, -0.05) is 68.3 Å². The number of allylic oxidation sites excluding steroid dienone is 1. The Balaban J connectivity index is 0.000000239. The van der Waals surface area contributed by atoms with Gasteiger partial charge in [-0.25, -0.2) is 4.39 Å². The molecule has 1 atom stereocenters. The Labute approximate surface area is 211 Å². The first-order valence-electron chi connectivity index (χ1n) is 13.1. The van der Waals surface area contributed by atoms with E-state index in [-0.39, 0.29) is 5.82 Å². The molecule has 3 aliphatic rings. The topological polar surface area (TPSA) is 18.5 Å². The molecule has 2 heterocycles. The van der Waals surface area contributed by atoms with Crippen LogP contribution in [0.5, 0.6) is 0 Å². The Bertz CT molecular complexity index is 1010. The number of likely N-dealkylation sites (tertiary alicyclic amines) is 2. The maximum atomic E-state index is 12.9. The van der Waals surface area contributed by atoms with Crippen molar-refractivity contribution in [3.8, 4) is 0 Å². The van der Waals surface area contributed by atoms with Gasteiger partial charge < -0.3 is 15.1 Å². The SMILES string of the molecule is C=C(NCc1ccccc1)C1CCCN1C(=C)CN1CCCCC1=C.Fc1ccccc1C1CC1. The highest BCUT2D eigenvalue weighted by molar-refractivity contribution is 5.25.